The Morgan fingerprint density at radius 1 is 0.906 bits per heavy atom. The van der Waals surface area contributed by atoms with Crippen LogP contribution in [0.25, 0.3) is 16.7 Å². The van der Waals surface area contributed by atoms with Crippen LogP contribution in [0.3, 0.4) is 0 Å². The number of rotatable bonds is 3. The standard InChI is InChI=1S/C23H24N6O3/c1-12-7-13(2)9-16(8-12)29-15(4)11-18(26-29)25-21(30)17-10-14(3)19-20(24-17)27(5)23(32)28(6)22(19)31/h7-11H,1-6H3,(H,25,26,30). The molecule has 0 aliphatic heterocycles. The Morgan fingerprint density at radius 2 is 1.56 bits per heavy atom. The van der Waals surface area contributed by atoms with Crippen LogP contribution < -0.4 is 16.6 Å². The molecule has 0 aliphatic rings. The Hall–Kier alpha value is -4.01. The normalized spacial score (nSPS) is 11.2. The first-order valence-corrected chi connectivity index (χ1v) is 10.1. The number of nitrogens with one attached hydrogen (secondary N) is 1. The van der Waals surface area contributed by atoms with E-state index in [1.54, 1.807) is 17.7 Å². The van der Waals surface area contributed by atoms with E-state index in [1.807, 2.05) is 32.9 Å². The summed E-state index contributed by atoms with van der Waals surface area (Å²) < 4.78 is 4.06. The Balaban J connectivity index is 1.72. The number of carbonyl (C=O) groups is 1. The van der Waals surface area contributed by atoms with Gasteiger partial charge in [0.15, 0.2) is 5.82 Å². The highest BCUT2D eigenvalue weighted by Crippen LogP contribution is 2.19. The minimum Gasteiger partial charge on any atom is -0.304 e. The molecular formula is C23H24N6O3. The molecule has 0 atom stereocenters. The number of carbonyl (C=O) groups excluding carboxylic acids is 1. The quantitative estimate of drug-likeness (QED) is 0.535. The highest BCUT2D eigenvalue weighted by molar-refractivity contribution is 6.03. The molecule has 0 aliphatic carbocycles. The molecule has 1 aromatic carbocycles. The molecule has 32 heavy (non-hydrogen) atoms. The lowest BCUT2D eigenvalue weighted by Gasteiger charge is -2.10. The average molecular weight is 432 g/mol. The highest BCUT2D eigenvalue weighted by atomic mass is 16.2. The number of amides is 1. The Labute approximate surface area is 184 Å². The van der Waals surface area contributed by atoms with Crippen LogP contribution in [0.15, 0.2) is 39.9 Å². The fraction of sp³-hybridized carbons (Fsp3) is 0.261. The van der Waals surface area contributed by atoms with E-state index >= 15 is 0 Å². The molecule has 1 amide bonds. The summed E-state index contributed by atoms with van der Waals surface area (Å²) in [7, 11) is 2.94. The number of pyridine rings is 1. The van der Waals surface area contributed by atoms with Crippen molar-refractivity contribution in [3.63, 3.8) is 0 Å². The number of aromatic nitrogens is 5. The first-order valence-electron chi connectivity index (χ1n) is 10.1. The van der Waals surface area contributed by atoms with Crippen molar-refractivity contribution in [3.8, 4) is 5.69 Å². The first-order chi connectivity index (χ1) is 15.1. The minimum absolute atomic E-state index is 0.0943. The minimum atomic E-state index is -0.505. The summed E-state index contributed by atoms with van der Waals surface area (Å²) >= 11 is 0. The maximum absolute atomic E-state index is 12.9. The van der Waals surface area contributed by atoms with Crippen LogP contribution in [-0.2, 0) is 14.1 Å². The van der Waals surface area contributed by atoms with Gasteiger partial charge in [-0.1, -0.05) is 6.07 Å². The molecule has 0 saturated carbocycles. The molecule has 9 heteroatoms. The molecular weight excluding hydrogens is 408 g/mol. The van der Waals surface area contributed by atoms with Crippen LogP contribution in [0.2, 0.25) is 0 Å². The molecule has 9 nitrogen and oxygen atoms in total. The largest absolute Gasteiger partial charge is 0.332 e. The summed E-state index contributed by atoms with van der Waals surface area (Å²) in [5.74, 6) is -0.0997. The molecule has 164 valence electrons. The summed E-state index contributed by atoms with van der Waals surface area (Å²) in [5.41, 5.74) is 3.88. The Bertz CT molecular complexity index is 1500. The number of fused-ring (bicyclic) bond motifs is 1. The van der Waals surface area contributed by atoms with Crippen molar-refractivity contribution in [2.75, 3.05) is 5.32 Å². The van der Waals surface area contributed by atoms with Gasteiger partial charge in [-0.15, -0.1) is 5.10 Å². The van der Waals surface area contributed by atoms with Crippen LogP contribution >= 0.6 is 0 Å². The molecule has 4 aromatic rings. The van der Waals surface area contributed by atoms with E-state index in [-0.39, 0.29) is 11.3 Å². The van der Waals surface area contributed by atoms with Gasteiger partial charge in [-0.05, 0) is 62.6 Å². The molecule has 3 aromatic heterocycles. The van der Waals surface area contributed by atoms with Crippen molar-refractivity contribution in [1.82, 2.24) is 23.9 Å². The fourth-order valence-electron chi connectivity index (χ4n) is 3.90. The van der Waals surface area contributed by atoms with Gasteiger partial charge in [0, 0.05) is 25.9 Å². The molecule has 0 spiro atoms. The second-order valence-corrected chi connectivity index (χ2v) is 8.11. The van der Waals surface area contributed by atoms with Crippen molar-refractivity contribution in [3.05, 3.63) is 79.2 Å². The van der Waals surface area contributed by atoms with Crippen LogP contribution in [0.4, 0.5) is 5.82 Å². The summed E-state index contributed by atoms with van der Waals surface area (Å²) in [6, 6.07) is 9.44. The molecule has 0 fully saturated rings. The van der Waals surface area contributed by atoms with Crippen LogP contribution in [-0.4, -0.2) is 29.8 Å². The van der Waals surface area contributed by atoms with Crippen LogP contribution in [0, 0.1) is 27.7 Å². The van der Waals surface area contributed by atoms with E-state index in [4.69, 9.17) is 0 Å². The lowest BCUT2D eigenvalue weighted by Crippen LogP contribution is -2.38. The monoisotopic (exact) mass is 432 g/mol. The van der Waals surface area contributed by atoms with E-state index in [0.29, 0.717) is 16.8 Å². The summed E-state index contributed by atoms with van der Waals surface area (Å²) in [6.45, 7) is 7.66. The van der Waals surface area contributed by atoms with Gasteiger partial charge in [0.1, 0.15) is 11.3 Å². The van der Waals surface area contributed by atoms with Crippen LogP contribution in [0.5, 0.6) is 0 Å². The molecule has 0 bridgehead atoms. The van der Waals surface area contributed by atoms with Gasteiger partial charge >= 0.3 is 5.69 Å². The second kappa shape index (κ2) is 7.60. The number of anilines is 1. The van der Waals surface area contributed by atoms with Crippen molar-refractivity contribution in [1.29, 1.82) is 0 Å². The van der Waals surface area contributed by atoms with E-state index in [0.717, 1.165) is 27.1 Å². The third kappa shape index (κ3) is 3.51. The number of benzene rings is 1. The third-order valence-electron chi connectivity index (χ3n) is 5.42. The lowest BCUT2D eigenvalue weighted by atomic mass is 10.1. The van der Waals surface area contributed by atoms with Crippen molar-refractivity contribution in [2.45, 2.75) is 27.7 Å². The van der Waals surface area contributed by atoms with E-state index in [2.05, 4.69) is 21.5 Å². The van der Waals surface area contributed by atoms with Gasteiger partial charge in [0.25, 0.3) is 11.5 Å². The van der Waals surface area contributed by atoms with Crippen molar-refractivity contribution >= 4 is 22.8 Å². The maximum atomic E-state index is 12.9. The molecule has 0 saturated heterocycles. The molecule has 1 N–H and O–H groups in total. The molecule has 0 radical (unpaired) electrons. The van der Waals surface area contributed by atoms with Crippen LogP contribution in [0.1, 0.15) is 32.9 Å². The van der Waals surface area contributed by atoms with Gasteiger partial charge in [-0.2, -0.15) is 0 Å². The lowest BCUT2D eigenvalue weighted by molar-refractivity contribution is 0.102. The molecule has 0 unspecified atom stereocenters. The van der Waals surface area contributed by atoms with E-state index < -0.39 is 17.2 Å². The fourth-order valence-corrected chi connectivity index (χ4v) is 3.90. The van der Waals surface area contributed by atoms with E-state index in [1.165, 1.54) is 24.7 Å². The SMILES string of the molecule is Cc1cc(C)cc(-n2nc(NC(=O)c3cc(C)c4c(=O)n(C)c(=O)n(C)c4n3)cc2C)c1. The molecule has 4 rings (SSSR count). The number of hydrogen-bond donors (Lipinski definition) is 1. The summed E-state index contributed by atoms with van der Waals surface area (Å²) in [5, 5.41) is 7.59. The summed E-state index contributed by atoms with van der Waals surface area (Å²) in [4.78, 5) is 42.0. The van der Waals surface area contributed by atoms with Gasteiger partial charge in [0.2, 0.25) is 0 Å². The maximum Gasteiger partial charge on any atom is 0.332 e. The topological polar surface area (TPSA) is 104 Å². The zero-order chi connectivity index (χ0) is 23.3. The average Bonchev–Trinajstić information content (AvgIpc) is 3.09. The van der Waals surface area contributed by atoms with Crippen molar-refractivity contribution < 1.29 is 4.79 Å². The van der Waals surface area contributed by atoms with Gasteiger partial charge in [-0.25, -0.2) is 14.5 Å². The predicted octanol–water partition coefficient (Wildman–Crippen LogP) is 2.30. The van der Waals surface area contributed by atoms with Crippen molar-refractivity contribution in [2.24, 2.45) is 14.1 Å². The molecule has 3 heterocycles. The Kier molecular flexibility index (Phi) is 5.04. The number of hydrogen-bond acceptors (Lipinski definition) is 5. The predicted molar refractivity (Wildman–Crippen MR) is 123 cm³/mol. The highest BCUT2D eigenvalue weighted by Gasteiger charge is 2.18. The zero-order valence-corrected chi connectivity index (χ0v) is 18.8. The number of aryl methyl sites for hydroxylation is 5. The van der Waals surface area contributed by atoms with E-state index in [9.17, 15) is 14.4 Å². The van der Waals surface area contributed by atoms with Gasteiger partial charge in [0.05, 0.1) is 11.1 Å². The Morgan fingerprint density at radius 3 is 2.22 bits per heavy atom. The van der Waals surface area contributed by atoms with Gasteiger partial charge < -0.3 is 5.32 Å². The first kappa shape index (κ1) is 21.2. The second-order valence-electron chi connectivity index (χ2n) is 8.11. The zero-order valence-electron chi connectivity index (χ0n) is 18.8. The van der Waals surface area contributed by atoms with Gasteiger partial charge in [-0.3, -0.25) is 18.7 Å². The smallest absolute Gasteiger partial charge is 0.304 e. The summed E-state index contributed by atoms with van der Waals surface area (Å²) in [6.07, 6.45) is 0. The number of nitrogens with zero attached hydrogens (tertiary/aromatic N) is 5. The third-order valence-corrected chi connectivity index (χ3v) is 5.42.